The lowest BCUT2D eigenvalue weighted by Gasteiger charge is -2.05. The van der Waals surface area contributed by atoms with Crippen LogP contribution in [0.2, 0.25) is 0 Å². The highest BCUT2D eigenvalue weighted by Crippen LogP contribution is 2.31. The first-order chi connectivity index (χ1) is 7.69. The fraction of sp³-hybridized carbons (Fsp3) is 0.875. The number of carbonyl (C=O) groups is 1. The minimum Gasteiger partial charge on any atom is -0.462 e. The number of aliphatic hydroxyl groups is 1. The predicted molar refractivity (Wildman–Crippen MR) is 62.3 cm³/mol. The van der Waals surface area contributed by atoms with E-state index in [4.69, 9.17) is 20.6 Å². The van der Waals surface area contributed by atoms with Gasteiger partial charge in [-0.1, -0.05) is 13.8 Å². The number of hydrogen-bond acceptors (Lipinski definition) is 6. The van der Waals surface area contributed by atoms with Crippen LogP contribution in [0.25, 0.3) is 0 Å². The molecular formula is C8H21N2O6P. The first kappa shape index (κ1) is 18.9. The van der Waals surface area contributed by atoms with Crippen molar-refractivity contribution in [1.29, 1.82) is 0 Å². The number of hydrogen-bond donors (Lipinski definition) is 5. The largest absolute Gasteiger partial charge is 0.462 e. The molecule has 104 valence electrons. The van der Waals surface area contributed by atoms with Crippen LogP contribution in [0.4, 0.5) is 0 Å². The van der Waals surface area contributed by atoms with Gasteiger partial charge in [0.1, 0.15) is 6.61 Å². The van der Waals surface area contributed by atoms with E-state index in [2.05, 4.69) is 10.1 Å². The van der Waals surface area contributed by atoms with Gasteiger partial charge in [-0.2, -0.15) is 0 Å². The van der Waals surface area contributed by atoms with E-state index < -0.39 is 19.9 Å². The molecule has 0 radical (unpaired) electrons. The van der Waals surface area contributed by atoms with Crippen LogP contribution in [0.15, 0.2) is 0 Å². The van der Waals surface area contributed by atoms with Gasteiger partial charge in [0, 0.05) is 0 Å². The smallest absolute Gasteiger partial charge is 0.339 e. The van der Waals surface area contributed by atoms with Crippen LogP contribution in [-0.4, -0.2) is 52.9 Å². The summed E-state index contributed by atoms with van der Waals surface area (Å²) in [6.07, 6.45) is -0.568. The van der Waals surface area contributed by atoms with Crippen molar-refractivity contribution >= 4 is 13.6 Å². The predicted octanol–water partition coefficient (Wildman–Crippen LogP) is -1.40. The first-order valence-electron chi connectivity index (χ1n) is 4.96. The van der Waals surface area contributed by atoms with E-state index in [0.717, 1.165) is 0 Å². The molecule has 0 aliphatic rings. The SMILES string of the molecule is CC(C)N.O=C(CNCP(=O)(O)O)OCCO. The minimum atomic E-state index is -4.12. The summed E-state index contributed by atoms with van der Waals surface area (Å²) in [6.45, 7) is 3.21. The Hall–Kier alpha value is -0.500. The van der Waals surface area contributed by atoms with Gasteiger partial charge in [-0.3, -0.25) is 14.7 Å². The Bertz CT molecular complexity index is 239. The average Bonchev–Trinajstić information content (AvgIpc) is 2.11. The third kappa shape index (κ3) is 25.6. The summed E-state index contributed by atoms with van der Waals surface area (Å²) in [5, 5.41) is 10.5. The van der Waals surface area contributed by atoms with Gasteiger partial charge in [0.25, 0.3) is 0 Å². The van der Waals surface area contributed by atoms with Gasteiger partial charge in [-0.05, 0) is 6.04 Å². The van der Waals surface area contributed by atoms with E-state index in [1.54, 1.807) is 0 Å². The molecule has 0 saturated carbocycles. The van der Waals surface area contributed by atoms with Crippen molar-refractivity contribution in [2.45, 2.75) is 19.9 Å². The third-order valence-corrected chi connectivity index (χ3v) is 1.58. The monoisotopic (exact) mass is 272 g/mol. The maximum Gasteiger partial charge on any atom is 0.339 e. The zero-order valence-electron chi connectivity index (χ0n) is 10.00. The Morgan fingerprint density at radius 2 is 1.94 bits per heavy atom. The number of carbonyl (C=O) groups excluding carboxylic acids is 1. The average molecular weight is 272 g/mol. The number of esters is 1. The Labute approximate surface area is 100 Å². The van der Waals surface area contributed by atoms with Gasteiger partial charge in [0.15, 0.2) is 0 Å². The van der Waals surface area contributed by atoms with Crippen molar-refractivity contribution < 1.29 is 29.0 Å². The molecule has 0 aliphatic heterocycles. The van der Waals surface area contributed by atoms with E-state index >= 15 is 0 Å². The quantitative estimate of drug-likeness (QED) is 0.293. The molecular weight excluding hydrogens is 251 g/mol. The minimum absolute atomic E-state index is 0.115. The number of nitrogens with one attached hydrogen (secondary N) is 1. The van der Waals surface area contributed by atoms with Crippen LogP contribution in [0.1, 0.15) is 13.8 Å². The summed E-state index contributed by atoms with van der Waals surface area (Å²) in [7, 11) is -4.12. The molecule has 0 spiro atoms. The van der Waals surface area contributed by atoms with Gasteiger partial charge in [0.2, 0.25) is 0 Å². The highest BCUT2D eigenvalue weighted by Gasteiger charge is 2.12. The molecule has 17 heavy (non-hydrogen) atoms. The molecule has 0 saturated heterocycles. The fourth-order valence-electron chi connectivity index (χ4n) is 0.514. The number of aliphatic hydroxyl groups excluding tert-OH is 1. The Balaban J connectivity index is 0. The number of nitrogens with two attached hydrogens (primary N) is 1. The zero-order valence-corrected chi connectivity index (χ0v) is 10.9. The second-order valence-electron chi connectivity index (χ2n) is 3.44. The van der Waals surface area contributed by atoms with Crippen molar-refractivity contribution in [2.75, 3.05) is 26.0 Å². The first-order valence-corrected chi connectivity index (χ1v) is 6.76. The summed E-state index contributed by atoms with van der Waals surface area (Å²) >= 11 is 0. The van der Waals surface area contributed by atoms with E-state index in [1.807, 2.05) is 13.8 Å². The van der Waals surface area contributed by atoms with Crippen molar-refractivity contribution in [3.63, 3.8) is 0 Å². The van der Waals surface area contributed by atoms with Crippen LogP contribution in [0.3, 0.4) is 0 Å². The maximum absolute atomic E-state index is 10.6. The molecule has 0 aliphatic carbocycles. The number of ether oxygens (including phenoxy) is 1. The van der Waals surface area contributed by atoms with Crippen LogP contribution < -0.4 is 11.1 Å². The molecule has 8 nitrogen and oxygen atoms in total. The standard InChI is InChI=1S/C5H12NO6P.C3H9N/c7-1-2-12-5(8)3-6-4-13(9,10)11;1-3(2)4/h6-7H,1-4H2,(H2,9,10,11);3H,4H2,1-2H3. The lowest BCUT2D eigenvalue weighted by Crippen LogP contribution is -2.26. The summed E-state index contributed by atoms with van der Waals surface area (Å²) in [5.41, 5.74) is 5.11. The van der Waals surface area contributed by atoms with Gasteiger partial charge < -0.3 is 25.4 Å². The molecule has 0 unspecified atom stereocenters. The summed E-state index contributed by atoms with van der Waals surface area (Å²) < 4.78 is 14.7. The van der Waals surface area contributed by atoms with E-state index in [9.17, 15) is 9.36 Å². The highest BCUT2D eigenvalue weighted by atomic mass is 31.2. The van der Waals surface area contributed by atoms with Crippen LogP contribution >= 0.6 is 7.60 Å². The molecule has 6 N–H and O–H groups in total. The van der Waals surface area contributed by atoms with Crippen molar-refractivity contribution in [3.05, 3.63) is 0 Å². The second-order valence-corrected chi connectivity index (χ2v) is 5.08. The molecule has 0 amide bonds. The fourth-order valence-corrected chi connectivity index (χ4v) is 0.917. The molecule has 0 fully saturated rings. The Kier molecular flexibility index (Phi) is 11.8. The molecule has 0 aromatic rings. The maximum atomic E-state index is 10.6. The van der Waals surface area contributed by atoms with E-state index in [0.29, 0.717) is 6.04 Å². The molecule has 0 rings (SSSR count). The van der Waals surface area contributed by atoms with Gasteiger partial charge in [0.05, 0.1) is 19.4 Å². The lowest BCUT2D eigenvalue weighted by molar-refractivity contribution is -0.143. The van der Waals surface area contributed by atoms with Gasteiger partial charge in [-0.15, -0.1) is 0 Å². The highest BCUT2D eigenvalue weighted by molar-refractivity contribution is 7.51. The molecule has 0 aromatic heterocycles. The third-order valence-electron chi connectivity index (χ3n) is 0.941. The van der Waals surface area contributed by atoms with Crippen LogP contribution in [0.5, 0.6) is 0 Å². The topological polar surface area (TPSA) is 142 Å². The Morgan fingerprint density at radius 1 is 1.47 bits per heavy atom. The zero-order chi connectivity index (χ0) is 13.9. The van der Waals surface area contributed by atoms with Crippen LogP contribution in [-0.2, 0) is 14.1 Å². The van der Waals surface area contributed by atoms with Crippen LogP contribution in [0, 0.1) is 0 Å². The Morgan fingerprint density at radius 3 is 2.29 bits per heavy atom. The lowest BCUT2D eigenvalue weighted by atomic mass is 10.5. The summed E-state index contributed by atoms with van der Waals surface area (Å²) in [6, 6.07) is 0.333. The molecule has 9 heteroatoms. The number of rotatable bonds is 6. The summed E-state index contributed by atoms with van der Waals surface area (Å²) in [5.74, 6) is -0.664. The van der Waals surface area contributed by atoms with E-state index in [-0.39, 0.29) is 19.8 Å². The molecule has 0 aromatic carbocycles. The molecule has 0 heterocycles. The van der Waals surface area contributed by atoms with Gasteiger partial charge >= 0.3 is 13.6 Å². The normalized spacial score (nSPS) is 10.8. The molecule has 0 bridgehead atoms. The summed E-state index contributed by atoms with van der Waals surface area (Å²) in [4.78, 5) is 27.4. The second kappa shape index (κ2) is 10.6. The van der Waals surface area contributed by atoms with Crippen molar-refractivity contribution in [3.8, 4) is 0 Å². The van der Waals surface area contributed by atoms with E-state index in [1.165, 1.54) is 0 Å². The van der Waals surface area contributed by atoms with Crippen molar-refractivity contribution in [1.82, 2.24) is 5.32 Å². The molecule has 0 atom stereocenters. The van der Waals surface area contributed by atoms with Gasteiger partial charge in [-0.25, -0.2) is 0 Å². The van der Waals surface area contributed by atoms with Crippen molar-refractivity contribution in [2.24, 2.45) is 5.73 Å².